The molecule has 0 saturated heterocycles. The topological polar surface area (TPSA) is 25.2 Å². The summed E-state index contributed by atoms with van der Waals surface area (Å²) in [7, 11) is 0. The molecule has 0 aliphatic rings. The second-order valence-electron chi connectivity index (χ2n) is 5.40. The Morgan fingerprint density at radius 2 is 1.70 bits per heavy atom. The van der Waals surface area contributed by atoms with Gasteiger partial charge in [-0.1, -0.05) is 45.0 Å². The van der Waals surface area contributed by atoms with Gasteiger partial charge in [-0.15, -0.1) is 0 Å². The minimum Gasteiger partial charge on any atom is -0.469 e. The number of aryl methyl sites for hydroxylation is 1. The summed E-state index contributed by atoms with van der Waals surface area (Å²) in [6.45, 7) is 9.59. The molecule has 0 fully saturated rings. The summed E-state index contributed by atoms with van der Waals surface area (Å²) < 4.78 is 5.45. The van der Waals surface area contributed by atoms with E-state index in [0.29, 0.717) is 5.92 Å². The molecule has 0 spiro atoms. The number of benzene rings is 1. The number of nitrogens with one attached hydrogen (secondary N) is 1. The summed E-state index contributed by atoms with van der Waals surface area (Å²) in [5.41, 5.74) is 3.93. The molecule has 2 nitrogen and oxygen atoms in total. The molecule has 1 N–H and O–H groups in total. The first kappa shape index (κ1) is 14.9. The summed E-state index contributed by atoms with van der Waals surface area (Å²) in [5, 5.41) is 3.54. The van der Waals surface area contributed by atoms with E-state index in [2.05, 4.69) is 56.4 Å². The highest BCUT2D eigenvalue weighted by molar-refractivity contribution is 5.35. The highest BCUT2D eigenvalue weighted by Crippen LogP contribution is 2.27. The molecule has 0 bridgehead atoms. The zero-order valence-corrected chi connectivity index (χ0v) is 12.9. The standard InChI is InChI=1S/C18H25NO/c1-5-13(3)15-7-9-16(10-8-15)18(19-6-2)17-11-12-20-14(17)4/h7-13,18-19H,5-6H2,1-4H3. The van der Waals surface area contributed by atoms with Crippen LogP contribution in [0.2, 0.25) is 0 Å². The van der Waals surface area contributed by atoms with E-state index >= 15 is 0 Å². The van der Waals surface area contributed by atoms with Gasteiger partial charge >= 0.3 is 0 Å². The summed E-state index contributed by atoms with van der Waals surface area (Å²) in [4.78, 5) is 0. The van der Waals surface area contributed by atoms with Gasteiger partial charge < -0.3 is 9.73 Å². The average Bonchev–Trinajstić information content (AvgIpc) is 2.90. The van der Waals surface area contributed by atoms with Gasteiger partial charge in [0.25, 0.3) is 0 Å². The van der Waals surface area contributed by atoms with Gasteiger partial charge in [0, 0.05) is 5.56 Å². The summed E-state index contributed by atoms with van der Waals surface area (Å²) >= 11 is 0. The van der Waals surface area contributed by atoms with Crippen molar-refractivity contribution in [3.05, 3.63) is 59.0 Å². The van der Waals surface area contributed by atoms with Gasteiger partial charge in [-0.2, -0.15) is 0 Å². The second kappa shape index (κ2) is 6.76. The normalized spacial score (nSPS) is 14.2. The van der Waals surface area contributed by atoms with Crippen LogP contribution in [0.5, 0.6) is 0 Å². The molecule has 0 aliphatic carbocycles. The van der Waals surface area contributed by atoms with Gasteiger partial charge in [-0.05, 0) is 43.0 Å². The molecule has 2 heteroatoms. The quantitative estimate of drug-likeness (QED) is 0.816. The zero-order chi connectivity index (χ0) is 14.5. The molecule has 2 aromatic rings. The average molecular weight is 271 g/mol. The molecule has 2 atom stereocenters. The van der Waals surface area contributed by atoms with E-state index in [9.17, 15) is 0 Å². The van der Waals surface area contributed by atoms with Crippen molar-refractivity contribution in [3.63, 3.8) is 0 Å². The predicted molar refractivity (Wildman–Crippen MR) is 84.1 cm³/mol. The fourth-order valence-electron chi connectivity index (χ4n) is 2.56. The Morgan fingerprint density at radius 1 is 1.05 bits per heavy atom. The monoisotopic (exact) mass is 271 g/mol. The molecule has 108 valence electrons. The van der Waals surface area contributed by atoms with Gasteiger partial charge in [0.15, 0.2) is 0 Å². The van der Waals surface area contributed by atoms with Crippen LogP contribution in [0.25, 0.3) is 0 Å². The number of hydrogen-bond acceptors (Lipinski definition) is 2. The Labute approximate surface area is 122 Å². The maximum Gasteiger partial charge on any atom is 0.105 e. The van der Waals surface area contributed by atoms with Crippen LogP contribution in [0, 0.1) is 6.92 Å². The molecule has 2 rings (SSSR count). The van der Waals surface area contributed by atoms with Crippen molar-refractivity contribution < 1.29 is 4.42 Å². The molecule has 20 heavy (non-hydrogen) atoms. The Balaban J connectivity index is 2.28. The fraction of sp³-hybridized carbons (Fsp3) is 0.444. The zero-order valence-electron chi connectivity index (χ0n) is 12.9. The Kier molecular flexibility index (Phi) is 5.02. The third-order valence-electron chi connectivity index (χ3n) is 4.07. The van der Waals surface area contributed by atoms with Crippen molar-refractivity contribution >= 4 is 0 Å². The molecular formula is C18H25NO. The Bertz CT molecular complexity index is 527. The minimum absolute atomic E-state index is 0.213. The van der Waals surface area contributed by atoms with E-state index in [-0.39, 0.29) is 6.04 Å². The molecule has 1 heterocycles. The number of hydrogen-bond donors (Lipinski definition) is 1. The predicted octanol–water partition coefficient (Wildman–Crippen LogP) is 4.80. The highest BCUT2D eigenvalue weighted by atomic mass is 16.3. The first-order valence-electron chi connectivity index (χ1n) is 7.54. The molecule has 1 aromatic carbocycles. The van der Waals surface area contributed by atoms with Crippen LogP contribution in [-0.4, -0.2) is 6.54 Å². The van der Waals surface area contributed by atoms with Crippen molar-refractivity contribution in [2.24, 2.45) is 0 Å². The van der Waals surface area contributed by atoms with Crippen molar-refractivity contribution in [1.82, 2.24) is 5.32 Å². The lowest BCUT2D eigenvalue weighted by atomic mass is 9.94. The summed E-state index contributed by atoms with van der Waals surface area (Å²) in [5.74, 6) is 1.61. The molecule has 0 radical (unpaired) electrons. The SMILES string of the molecule is CCNC(c1ccc(C(C)CC)cc1)c1ccoc1C. The van der Waals surface area contributed by atoms with Gasteiger partial charge in [-0.25, -0.2) is 0 Å². The van der Waals surface area contributed by atoms with Crippen LogP contribution in [-0.2, 0) is 0 Å². The van der Waals surface area contributed by atoms with Crippen LogP contribution in [0.3, 0.4) is 0 Å². The van der Waals surface area contributed by atoms with E-state index in [4.69, 9.17) is 4.42 Å². The van der Waals surface area contributed by atoms with Crippen molar-refractivity contribution in [1.29, 1.82) is 0 Å². The molecular weight excluding hydrogens is 246 g/mol. The largest absolute Gasteiger partial charge is 0.469 e. The first-order valence-corrected chi connectivity index (χ1v) is 7.54. The Hall–Kier alpha value is -1.54. The van der Waals surface area contributed by atoms with Crippen molar-refractivity contribution in [3.8, 4) is 0 Å². The van der Waals surface area contributed by atoms with Crippen LogP contribution in [0.15, 0.2) is 41.0 Å². The summed E-state index contributed by atoms with van der Waals surface area (Å²) in [6, 6.07) is 11.3. The van der Waals surface area contributed by atoms with Crippen molar-refractivity contribution in [2.75, 3.05) is 6.54 Å². The maximum atomic E-state index is 5.45. The number of furan rings is 1. The maximum absolute atomic E-state index is 5.45. The molecule has 0 saturated carbocycles. The molecule has 0 aliphatic heterocycles. The third kappa shape index (κ3) is 3.13. The lowest BCUT2D eigenvalue weighted by Crippen LogP contribution is -2.22. The van der Waals surface area contributed by atoms with Crippen molar-refractivity contribution in [2.45, 2.75) is 46.1 Å². The van der Waals surface area contributed by atoms with Gasteiger partial charge in [0.2, 0.25) is 0 Å². The van der Waals surface area contributed by atoms with Crippen LogP contribution in [0.1, 0.15) is 61.6 Å². The minimum atomic E-state index is 0.213. The van der Waals surface area contributed by atoms with Crippen LogP contribution in [0.4, 0.5) is 0 Å². The van der Waals surface area contributed by atoms with Gasteiger partial charge in [0.05, 0.1) is 12.3 Å². The van der Waals surface area contributed by atoms with E-state index in [0.717, 1.165) is 12.3 Å². The third-order valence-corrected chi connectivity index (χ3v) is 4.07. The van der Waals surface area contributed by atoms with E-state index in [1.165, 1.54) is 23.1 Å². The molecule has 2 unspecified atom stereocenters. The first-order chi connectivity index (χ1) is 9.67. The van der Waals surface area contributed by atoms with Gasteiger partial charge in [0.1, 0.15) is 5.76 Å². The van der Waals surface area contributed by atoms with Crippen LogP contribution < -0.4 is 5.32 Å². The van der Waals surface area contributed by atoms with E-state index in [1.807, 2.05) is 6.92 Å². The van der Waals surface area contributed by atoms with E-state index < -0.39 is 0 Å². The fourth-order valence-corrected chi connectivity index (χ4v) is 2.56. The lowest BCUT2D eigenvalue weighted by Gasteiger charge is -2.19. The Morgan fingerprint density at radius 3 is 2.20 bits per heavy atom. The van der Waals surface area contributed by atoms with Gasteiger partial charge in [-0.3, -0.25) is 0 Å². The molecule has 0 amide bonds. The van der Waals surface area contributed by atoms with E-state index in [1.54, 1.807) is 6.26 Å². The smallest absolute Gasteiger partial charge is 0.105 e. The van der Waals surface area contributed by atoms with Crippen LogP contribution >= 0.6 is 0 Å². The molecule has 1 aromatic heterocycles. The lowest BCUT2D eigenvalue weighted by molar-refractivity contribution is 0.520. The second-order valence-corrected chi connectivity index (χ2v) is 5.40. The summed E-state index contributed by atoms with van der Waals surface area (Å²) in [6.07, 6.45) is 2.94. The number of rotatable bonds is 6. The highest BCUT2D eigenvalue weighted by Gasteiger charge is 2.17.